The van der Waals surface area contributed by atoms with E-state index in [1.165, 1.54) is 11.8 Å². The van der Waals surface area contributed by atoms with Crippen LogP contribution in [-0.2, 0) is 6.54 Å². The number of hydrogen-bond acceptors (Lipinski definition) is 5. The first-order valence-electron chi connectivity index (χ1n) is 9.04. The Morgan fingerprint density at radius 1 is 1.10 bits per heavy atom. The molecule has 5 nitrogen and oxygen atoms in total. The number of aryl methyl sites for hydroxylation is 1. The minimum atomic E-state index is 0.0480. The van der Waals surface area contributed by atoms with Crippen molar-refractivity contribution in [2.24, 2.45) is 0 Å². The van der Waals surface area contributed by atoms with Gasteiger partial charge in [0.15, 0.2) is 16.8 Å². The van der Waals surface area contributed by atoms with Crippen LogP contribution in [0.1, 0.15) is 21.7 Å². The van der Waals surface area contributed by atoms with Crippen LogP contribution in [0.25, 0.3) is 11.4 Å². The van der Waals surface area contributed by atoms with Crippen LogP contribution in [0.2, 0.25) is 5.02 Å². The van der Waals surface area contributed by atoms with Gasteiger partial charge in [0.1, 0.15) is 5.76 Å². The Morgan fingerprint density at radius 3 is 2.66 bits per heavy atom. The lowest BCUT2D eigenvalue weighted by atomic mass is 10.1. The van der Waals surface area contributed by atoms with E-state index in [0.717, 1.165) is 16.9 Å². The highest BCUT2D eigenvalue weighted by molar-refractivity contribution is 7.99. The molecule has 2 heterocycles. The molecule has 29 heavy (non-hydrogen) atoms. The first kappa shape index (κ1) is 19.5. The van der Waals surface area contributed by atoms with Gasteiger partial charge in [-0.2, -0.15) is 0 Å². The van der Waals surface area contributed by atoms with Gasteiger partial charge in [-0.1, -0.05) is 65.3 Å². The van der Waals surface area contributed by atoms with E-state index in [-0.39, 0.29) is 11.5 Å². The third kappa shape index (κ3) is 4.60. The maximum Gasteiger partial charge on any atom is 0.192 e. The molecule has 0 aliphatic heterocycles. The molecule has 0 amide bonds. The second-order valence-electron chi connectivity index (χ2n) is 6.56. The number of ketones is 1. The Morgan fingerprint density at radius 2 is 1.93 bits per heavy atom. The molecule has 0 unspecified atom stereocenters. The molecule has 2 aromatic heterocycles. The number of benzene rings is 2. The summed E-state index contributed by atoms with van der Waals surface area (Å²) in [4.78, 5) is 12.6. The fourth-order valence-corrected chi connectivity index (χ4v) is 3.91. The van der Waals surface area contributed by atoms with Crippen molar-refractivity contribution in [1.29, 1.82) is 0 Å². The molecule has 0 aliphatic rings. The predicted molar refractivity (Wildman–Crippen MR) is 115 cm³/mol. The summed E-state index contributed by atoms with van der Waals surface area (Å²) in [7, 11) is 0. The maximum absolute atomic E-state index is 12.6. The summed E-state index contributed by atoms with van der Waals surface area (Å²) in [5, 5.41) is 9.95. The number of carbonyl (C=O) groups excluding carboxylic acids is 1. The monoisotopic (exact) mass is 423 g/mol. The number of furan rings is 1. The molecule has 0 saturated heterocycles. The SMILES string of the molecule is Cc1ccc(C(=O)CSc2nnc(-c3cccc(Cl)c3)n2Cc2ccco2)cc1. The third-order valence-electron chi connectivity index (χ3n) is 4.40. The summed E-state index contributed by atoms with van der Waals surface area (Å²) >= 11 is 7.51. The van der Waals surface area contributed by atoms with Gasteiger partial charge in [0.05, 0.1) is 18.6 Å². The molecule has 0 atom stereocenters. The summed E-state index contributed by atoms with van der Waals surface area (Å²) in [5.41, 5.74) is 2.67. The van der Waals surface area contributed by atoms with Crippen molar-refractivity contribution in [2.75, 3.05) is 5.75 Å². The Balaban J connectivity index is 1.60. The van der Waals surface area contributed by atoms with Crippen molar-refractivity contribution >= 4 is 29.1 Å². The molecule has 0 spiro atoms. The Bertz CT molecular complexity index is 1120. The highest BCUT2D eigenvalue weighted by Gasteiger charge is 2.17. The molecule has 0 N–H and O–H groups in total. The summed E-state index contributed by atoms with van der Waals surface area (Å²) < 4.78 is 7.45. The van der Waals surface area contributed by atoms with E-state index in [1.807, 2.05) is 72.2 Å². The van der Waals surface area contributed by atoms with Crippen LogP contribution in [-0.4, -0.2) is 26.3 Å². The zero-order valence-electron chi connectivity index (χ0n) is 15.7. The standard InChI is InChI=1S/C22H18ClN3O2S/c1-15-7-9-16(10-8-15)20(27)14-29-22-25-24-21(17-4-2-5-18(23)12-17)26(22)13-19-6-3-11-28-19/h2-12H,13-14H2,1H3. The molecule has 146 valence electrons. The molecule has 0 fully saturated rings. The molecule has 4 rings (SSSR count). The predicted octanol–water partition coefficient (Wildman–Crippen LogP) is 5.52. The topological polar surface area (TPSA) is 60.9 Å². The third-order valence-corrected chi connectivity index (χ3v) is 5.60. The number of halogens is 1. The van der Waals surface area contributed by atoms with Gasteiger partial charge in [-0.3, -0.25) is 9.36 Å². The number of aromatic nitrogens is 3. The fraction of sp³-hybridized carbons (Fsp3) is 0.136. The molecule has 2 aromatic carbocycles. The van der Waals surface area contributed by atoms with Gasteiger partial charge in [-0.05, 0) is 31.2 Å². The first-order chi connectivity index (χ1) is 14.1. The van der Waals surface area contributed by atoms with Gasteiger partial charge in [-0.25, -0.2) is 0 Å². The highest BCUT2D eigenvalue weighted by atomic mass is 35.5. The average molecular weight is 424 g/mol. The molecular weight excluding hydrogens is 406 g/mol. The molecule has 0 bridgehead atoms. The number of rotatable bonds is 7. The normalized spacial score (nSPS) is 11.0. The zero-order valence-corrected chi connectivity index (χ0v) is 17.3. The Labute approximate surface area is 177 Å². The second-order valence-corrected chi connectivity index (χ2v) is 7.94. The summed E-state index contributed by atoms with van der Waals surface area (Å²) in [6.45, 7) is 2.46. The minimum Gasteiger partial charge on any atom is -0.467 e. The van der Waals surface area contributed by atoms with Gasteiger partial charge in [0, 0.05) is 16.1 Å². The van der Waals surface area contributed by atoms with Crippen LogP contribution in [0.4, 0.5) is 0 Å². The number of carbonyl (C=O) groups is 1. The lowest BCUT2D eigenvalue weighted by Gasteiger charge is -2.09. The number of thioether (sulfide) groups is 1. The van der Waals surface area contributed by atoms with Crippen LogP contribution in [0.15, 0.2) is 76.5 Å². The second kappa shape index (κ2) is 8.68. The van der Waals surface area contributed by atoms with E-state index in [4.69, 9.17) is 16.0 Å². The fourth-order valence-electron chi connectivity index (χ4n) is 2.89. The van der Waals surface area contributed by atoms with E-state index >= 15 is 0 Å². The first-order valence-corrected chi connectivity index (χ1v) is 10.4. The van der Waals surface area contributed by atoms with Crippen molar-refractivity contribution in [1.82, 2.24) is 14.8 Å². The van der Waals surface area contributed by atoms with Gasteiger partial charge >= 0.3 is 0 Å². The van der Waals surface area contributed by atoms with Crippen molar-refractivity contribution < 1.29 is 9.21 Å². The lowest BCUT2D eigenvalue weighted by Crippen LogP contribution is -2.06. The van der Waals surface area contributed by atoms with Crippen LogP contribution < -0.4 is 0 Å². The van der Waals surface area contributed by atoms with Gasteiger partial charge in [0.25, 0.3) is 0 Å². The number of hydrogen-bond donors (Lipinski definition) is 0. The van der Waals surface area contributed by atoms with Crippen molar-refractivity contribution in [3.05, 3.63) is 88.8 Å². The molecule has 0 radical (unpaired) electrons. The molecule has 7 heteroatoms. The van der Waals surface area contributed by atoms with E-state index in [2.05, 4.69) is 10.2 Å². The van der Waals surface area contributed by atoms with Gasteiger partial charge < -0.3 is 4.42 Å². The van der Waals surface area contributed by atoms with Gasteiger partial charge in [0.2, 0.25) is 0 Å². The van der Waals surface area contributed by atoms with E-state index in [1.54, 1.807) is 6.26 Å². The van der Waals surface area contributed by atoms with Crippen LogP contribution in [0.5, 0.6) is 0 Å². The Hall–Kier alpha value is -2.83. The van der Waals surface area contributed by atoms with E-state index in [0.29, 0.717) is 28.1 Å². The van der Waals surface area contributed by atoms with Crippen LogP contribution in [0, 0.1) is 6.92 Å². The molecule has 0 aliphatic carbocycles. The lowest BCUT2D eigenvalue weighted by molar-refractivity contribution is 0.102. The quantitative estimate of drug-likeness (QED) is 0.289. The summed E-state index contributed by atoms with van der Waals surface area (Å²) in [5.74, 6) is 1.77. The number of Topliss-reactive ketones (excluding diaryl/α,β-unsaturated/α-hetero) is 1. The van der Waals surface area contributed by atoms with Crippen LogP contribution >= 0.6 is 23.4 Å². The summed E-state index contributed by atoms with van der Waals surface area (Å²) in [6, 6.07) is 18.8. The largest absolute Gasteiger partial charge is 0.467 e. The van der Waals surface area contributed by atoms with Crippen molar-refractivity contribution in [3.63, 3.8) is 0 Å². The van der Waals surface area contributed by atoms with Crippen molar-refractivity contribution in [3.8, 4) is 11.4 Å². The molecule has 4 aromatic rings. The average Bonchev–Trinajstić information content (AvgIpc) is 3.37. The maximum atomic E-state index is 12.6. The minimum absolute atomic E-state index is 0.0480. The summed E-state index contributed by atoms with van der Waals surface area (Å²) in [6.07, 6.45) is 1.63. The smallest absolute Gasteiger partial charge is 0.192 e. The Kier molecular flexibility index (Phi) is 5.83. The van der Waals surface area contributed by atoms with Crippen LogP contribution in [0.3, 0.4) is 0 Å². The van der Waals surface area contributed by atoms with Crippen molar-refractivity contribution in [2.45, 2.75) is 18.6 Å². The molecule has 0 saturated carbocycles. The van der Waals surface area contributed by atoms with E-state index < -0.39 is 0 Å². The highest BCUT2D eigenvalue weighted by Crippen LogP contribution is 2.27. The van der Waals surface area contributed by atoms with E-state index in [9.17, 15) is 4.79 Å². The van der Waals surface area contributed by atoms with Gasteiger partial charge in [-0.15, -0.1) is 10.2 Å². The zero-order chi connectivity index (χ0) is 20.2. The molecular formula is C22H18ClN3O2S. The number of nitrogens with zero attached hydrogens (tertiary/aromatic N) is 3.